The number of rotatable bonds is 7. The number of fused-ring (bicyclic) bond motifs is 1. The molecule has 0 aliphatic rings. The number of amides is 1. The Balaban J connectivity index is 2.24. The summed E-state index contributed by atoms with van der Waals surface area (Å²) in [6.07, 6.45) is -0.0187. The summed E-state index contributed by atoms with van der Waals surface area (Å²) in [6.45, 7) is 6.48. The van der Waals surface area contributed by atoms with Crippen molar-refractivity contribution in [1.29, 1.82) is 0 Å². The fourth-order valence-corrected chi connectivity index (χ4v) is 2.73. The van der Waals surface area contributed by atoms with Gasteiger partial charge in [0.25, 0.3) is 0 Å². The average molecular weight is 318 g/mol. The third-order valence-electron chi connectivity index (χ3n) is 4.16. The molecular formula is C18H26N2O3. The number of nitrogens with one attached hydrogen (secondary N) is 1. The molecule has 0 aliphatic carbocycles. The summed E-state index contributed by atoms with van der Waals surface area (Å²) < 4.78 is 11.2. The molecule has 0 aliphatic heterocycles. The van der Waals surface area contributed by atoms with Crippen molar-refractivity contribution in [3.8, 4) is 0 Å². The van der Waals surface area contributed by atoms with Crippen molar-refractivity contribution in [1.82, 2.24) is 5.32 Å². The van der Waals surface area contributed by atoms with Crippen molar-refractivity contribution in [3.63, 3.8) is 0 Å². The number of nitrogens with two attached hydrogens (primary N) is 1. The molecule has 23 heavy (non-hydrogen) atoms. The van der Waals surface area contributed by atoms with Crippen LogP contribution in [-0.2, 0) is 9.53 Å². The molecule has 0 spiro atoms. The van der Waals surface area contributed by atoms with Gasteiger partial charge in [-0.2, -0.15) is 0 Å². The van der Waals surface area contributed by atoms with Crippen LogP contribution in [0.1, 0.15) is 37.6 Å². The van der Waals surface area contributed by atoms with Gasteiger partial charge in [-0.1, -0.05) is 32.0 Å². The lowest BCUT2D eigenvalue weighted by molar-refractivity contribution is -0.124. The van der Waals surface area contributed by atoms with Gasteiger partial charge in [-0.25, -0.2) is 0 Å². The van der Waals surface area contributed by atoms with Gasteiger partial charge in [0.2, 0.25) is 5.91 Å². The average Bonchev–Trinajstić information content (AvgIpc) is 2.87. The lowest BCUT2D eigenvalue weighted by atomic mass is 9.98. The molecule has 0 radical (unpaired) electrons. The number of para-hydroxylation sites is 1. The van der Waals surface area contributed by atoms with Crippen LogP contribution in [0.15, 0.2) is 28.7 Å². The van der Waals surface area contributed by atoms with Crippen molar-refractivity contribution in [2.75, 3.05) is 13.7 Å². The van der Waals surface area contributed by atoms with Gasteiger partial charge in [-0.15, -0.1) is 0 Å². The molecule has 2 atom stereocenters. The Hall–Kier alpha value is -1.85. The van der Waals surface area contributed by atoms with Gasteiger partial charge in [-0.05, 0) is 18.9 Å². The van der Waals surface area contributed by atoms with Crippen LogP contribution in [0.5, 0.6) is 0 Å². The second-order valence-corrected chi connectivity index (χ2v) is 6.17. The van der Waals surface area contributed by atoms with Crippen LogP contribution >= 0.6 is 0 Å². The van der Waals surface area contributed by atoms with Crippen molar-refractivity contribution in [2.24, 2.45) is 11.7 Å². The van der Waals surface area contributed by atoms with Gasteiger partial charge in [-0.3, -0.25) is 4.79 Å². The molecule has 0 fully saturated rings. The van der Waals surface area contributed by atoms with E-state index in [0.717, 1.165) is 22.3 Å². The maximum absolute atomic E-state index is 12.3. The van der Waals surface area contributed by atoms with E-state index in [9.17, 15) is 4.79 Å². The van der Waals surface area contributed by atoms with Crippen LogP contribution in [0.3, 0.4) is 0 Å². The zero-order chi connectivity index (χ0) is 17.0. The van der Waals surface area contributed by atoms with Gasteiger partial charge in [0.15, 0.2) is 0 Å². The number of carbonyl (C=O) groups excluding carboxylic acids is 1. The summed E-state index contributed by atoms with van der Waals surface area (Å²) in [4.78, 5) is 12.3. The Labute approximate surface area is 137 Å². The highest BCUT2D eigenvalue weighted by molar-refractivity contribution is 5.82. The van der Waals surface area contributed by atoms with E-state index in [0.29, 0.717) is 6.54 Å². The van der Waals surface area contributed by atoms with E-state index in [1.54, 1.807) is 7.11 Å². The molecule has 0 saturated carbocycles. The highest BCUT2D eigenvalue weighted by Crippen LogP contribution is 2.32. The minimum absolute atomic E-state index is 0.0825. The first-order valence-corrected chi connectivity index (χ1v) is 7.98. The minimum atomic E-state index is -0.264. The van der Waals surface area contributed by atoms with Crippen LogP contribution in [0.2, 0.25) is 0 Å². The Kier molecular flexibility index (Phi) is 5.80. The topological polar surface area (TPSA) is 77.5 Å². The molecule has 0 bridgehead atoms. The first-order chi connectivity index (χ1) is 11.0. The molecule has 2 rings (SSSR count). The summed E-state index contributed by atoms with van der Waals surface area (Å²) in [5.41, 5.74) is 7.50. The van der Waals surface area contributed by atoms with E-state index in [4.69, 9.17) is 14.9 Å². The van der Waals surface area contributed by atoms with Crippen molar-refractivity contribution in [2.45, 2.75) is 39.3 Å². The summed E-state index contributed by atoms with van der Waals surface area (Å²) >= 11 is 0. The monoisotopic (exact) mass is 318 g/mol. The second kappa shape index (κ2) is 7.62. The largest absolute Gasteiger partial charge is 0.459 e. The molecule has 1 amide bonds. The van der Waals surface area contributed by atoms with E-state index in [2.05, 4.69) is 19.2 Å². The second-order valence-electron chi connectivity index (χ2n) is 6.17. The van der Waals surface area contributed by atoms with E-state index >= 15 is 0 Å². The predicted octanol–water partition coefficient (Wildman–Crippen LogP) is 2.92. The van der Waals surface area contributed by atoms with E-state index in [1.165, 1.54) is 0 Å². The number of hydrogen-bond donors (Lipinski definition) is 2. The first-order valence-electron chi connectivity index (χ1n) is 7.98. The van der Waals surface area contributed by atoms with Gasteiger partial charge < -0.3 is 20.2 Å². The van der Waals surface area contributed by atoms with E-state index in [-0.39, 0.29) is 30.4 Å². The smallest absolute Gasteiger partial charge is 0.223 e. The third kappa shape index (κ3) is 3.92. The Morgan fingerprint density at radius 2 is 2.04 bits per heavy atom. The standard InChI is InChI=1S/C18H26N2O3/c1-11(2)17(20-16(21)9-13(10-19)22-4)18-12(3)14-7-5-6-8-15(14)23-18/h5-8,11,13,17H,9-10,19H2,1-4H3,(H,20,21). The number of carbonyl (C=O) groups is 1. The molecule has 0 saturated heterocycles. The fourth-order valence-electron chi connectivity index (χ4n) is 2.73. The summed E-state index contributed by atoms with van der Waals surface area (Å²) in [6, 6.07) is 7.74. The predicted molar refractivity (Wildman–Crippen MR) is 91.1 cm³/mol. The number of aryl methyl sites for hydroxylation is 1. The summed E-state index contributed by atoms with van der Waals surface area (Å²) in [5.74, 6) is 0.939. The van der Waals surface area contributed by atoms with Crippen LogP contribution in [0.25, 0.3) is 11.0 Å². The first kappa shape index (κ1) is 17.5. The molecule has 126 valence electrons. The molecule has 5 heteroatoms. The fraction of sp³-hybridized carbons (Fsp3) is 0.500. The molecule has 1 aromatic carbocycles. The quantitative estimate of drug-likeness (QED) is 0.823. The molecule has 3 N–H and O–H groups in total. The number of methoxy groups -OCH3 is 1. The zero-order valence-corrected chi connectivity index (χ0v) is 14.3. The minimum Gasteiger partial charge on any atom is -0.459 e. The van der Waals surface area contributed by atoms with Crippen molar-refractivity contribution in [3.05, 3.63) is 35.6 Å². The summed E-state index contributed by atoms with van der Waals surface area (Å²) in [5, 5.41) is 4.15. The van der Waals surface area contributed by atoms with Crippen LogP contribution in [0.4, 0.5) is 0 Å². The van der Waals surface area contributed by atoms with Crippen LogP contribution in [0, 0.1) is 12.8 Å². The number of ether oxygens (including phenoxy) is 1. The number of hydrogen-bond acceptors (Lipinski definition) is 4. The molecule has 2 unspecified atom stereocenters. The van der Waals surface area contributed by atoms with Gasteiger partial charge in [0.05, 0.1) is 18.6 Å². The Morgan fingerprint density at radius 1 is 1.35 bits per heavy atom. The Morgan fingerprint density at radius 3 is 2.61 bits per heavy atom. The number of benzene rings is 1. The molecule has 1 aromatic heterocycles. The maximum Gasteiger partial charge on any atom is 0.223 e. The van der Waals surface area contributed by atoms with Gasteiger partial charge >= 0.3 is 0 Å². The van der Waals surface area contributed by atoms with Gasteiger partial charge in [0, 0.05) is 24.6 Å². The lowest BCUT2D eigenvalue weighted by Gasteiger charge is -2.22. The molecule has 2 aromatic rings. The molecular weight excluding hydrogens is 292 g/mol. The highest BCUT2D eigenvalue weighted by atomic mass is 16.5. The third-order valence-corrected chi connectivity index (χ3v) is 4.16. The number of furan rings is 1. The van der Waals surface area contributed by atoms with Crippen LogP contribution in [-0.4, -0.2) is 25.7 Å². The summed E-state index contributed by atoms with van der Waals surface area (Å²) in [7, 11) is 1.56. The van der Waals surface area contributed by atoms with Crippen molar-refractivity contribution < 1.29 is 13.9 Å². The van der Waals surface area contributed by atoms with Gasteiger partial charge in [0.1, 0.15) is 11.3 Å². The van der Waals surface area contributed by atoms with E-state index in [1.807, 2.05) is 31.2 Å². The molecule has 5 nitrogen and oxygen atoms in total. The highest BCUT2D eigenvalue weighted by Gasteiger charge is 2.25. The zero-order valence-electron chi connectivity index (χ0n) is 14.3. The van der Waals surface area contributed by atoms with Crippen molar-refractivity contribution >= 4 is 16.9 Å². The van der Waals surface area contributed by atoms with Crippen LogP contribution < -0.4 is 11.1 Å². The Bertz CT molecular complexity index is 659. The maximum atomic E-state index is 12.3. The SMILES string of the molecule is COC(CN)CC(=O)NC(c1oc2ccccc2c1C)C(C)C. The molecule has 1 heterocycles. The lowest BCUT2D eigenvalue weighted by Crippen LogP contribution is -2.36. The van der Waals surface area contributed by atoms with E-state index < -0.39 is 0 Å². The normalized spacial score (nSPS) is 14.2.